The zero-order valence-corrected chi connectivity index (χ0v) is 16.1. The van der Waals surface area contributed by atoms with Gasteiger partial charge in [-0.1, -0.05) is 0 Å². The van der Waals surface area contributed by atoms with Crippen molar-refractivity contribution in [2.75, 3.05) is 12.8 Å². The molecule has 0 bridgehead atoms. The molecule has 1 aliphatic rings. The van der Waals surface area contributed by atoms with Crippen LogP contribution in [0.5, 0.6) is 0 Å². The molecule has 0 radical (unpaired) electrons. The van der Waals surface area contributed by atoms with Crippen molar-refractivity contribution in [3.05, 3.63) is 17.5 Å². The number of alkyl halides is 2. The maximum atomic E-state index is 13.2. The second-order valence-electron chi connectivity index (χ2n) is 7.40. The molecule has 1 aromatic heterocycles. The molecule has 0 aromatic carbocycles. The number of carbonyl (C=O) groups is 1. The number of aromatic nitrogens is 2. The van der Waals surface area contributed by atoms with Gasteiger partial charge in [0.15, 0.2) is 0 Å². The van der Waals surface area contributed by atoms with E-state index in [9.17, 15) is 22.0 Å². The first-order chi connectivity index (χ1) is 11.8. The highest BCUT2D eigenvalue weighted by Crippen LogP contribution is 2.34. The number of halogens is 2. The summed E-state index contributed by atoms with van der Waals surface area (Å²) in [5.41, 5.74) is -1.23. The maximum Gasteiger partial charge on any atom is 0.280 e. The van der Waals surface area contributed by atoms with Gasteiger partial charge in [0.25, 0.3) is 6.43 Å². The van der Waals surface area contributed by atoms with Gasteiger partial charge in [0.05, 0.1) is 23.3 Å². The van der Waals surface area contributed by atoms with Gasteiger partial charge in [0.2, 0.25) is 20.9 Å². The summed E-state index contributed by atoms with van der Waals surface area (Å²) in [6, 6.07) is 0.992. The Hall–Kier alpha value is -1.68. The van der Waals surface area contributed by atoms with E-state index in [1.54, 1.807) is 6.92 Å². The SMILES string of the molecule is C[C@@H](OC(C)(C)C)C1CNC(=O)[C@H]1c1cc(C(F)F)nc(S(C)(=O)=O)n1. The number of amides is 1. The minimum absolute atomic E-state index is 0.0416. The monoisotopic (exact) mass is 391 g/mol. The first-order valence-electron chi connectivity index (χ1n) is 8.12. The first-order valence-corrected chi connectivity index (χ1v) is 10.0. The Labute approximate surface area is 151 Å². The molecule has 1 aromatic rings. The number of rotatable bonds is 5. The van der Waals surface area contributed by atoms with Crippen molar-refractivity contribution < 1.29 is 26.7 Å². The van der Waals surface area contributed by atoms with Gasteiger partial charge in [-0.25, -0.2) is 27.2 Å². The molecule has 1 amide bonds. The molecule has 0 saturated carbocycles. The van der Waals surface area contributed by atoms with E-state index in [0.29, 0.717) is 0 Å². The topological polar surface area (TPSA) is 98.2 Å². The van der Waals surface area contributed by atoms with Gasteiger partial charge in [-0.05, 0) is 33.8 Å². The summed E-state index contributed by atoms with van der Waals surface area (Å²) in [6.45, 7) is 7.66. The van der Waals surface area contributed by atoms with E-state index in [1.165, 1.54) is 0 Å². The lowest BCUT2D eigenvalue weighted by molar-refractivity contribution is -0.122. The predicted molar refractivity (Wildman–Crippen MR) is 89.6 cm³/mol. The van der Waals surface area contributed by atoms with E-state index in [2.05, 4.69) is 15.3 Å². The molecule has 0 aliphatic carbocycles. The van der Waals surface area contributed by atoms with Crippen molar-refractivity contribution in [1.29, 1.82) is 0 Å². The quantitative estimate of drug-likeness (QED) is 0.769. The predicted octanol–water partition coefficient (Wildman–Crippen LogP) is 1.85. The summed E-state index contributed by atoms with van der Waals surface area (Å²) in [4.78, 5) is 19.7. The van der Waals surface area contributed by atoms with Crippen LogP contribution in [0.25, 0.3) is 0 Å². The van der Waals surface area contributed by atoms with Crippen molar-refractivity contribution >= 4 is 15.7 Å². The lowest BCUT2D eigenvalue weighted by Crippen LogP contribution is -2.34. The maximum absolute atomic E-state index is 13.2. The second kappa shape index (κ2) is 7.15. The average Bonchev–Trinajstić information content (AvgIpc) is 2.86. The van der Waals surface area contributed by atoms with Crippen LogP contribution in [-0.2, 0) is 19.4 Å². The van der Waals surface area contributed by atoms with Gasteiger partial charge >= 0.3 is 0 Å². The highest BCUT2D eigenvalue weighted by Gasteiger charge is 2.42. The molecule has 3 atom stereocenters. The van der Waals surface area contributed by atoms with Crippen molar-refractivity contribution in [3.8, 4) is 0 Å². The van der Waals surface area contributed by atoms with E-state index in [4.69, 9.17) is 4.74 Å². The number of nitrogens with one attached hydrogen (secondary N) is 1. The van der Waals surface area contributed by atoms with E-state index >= 15 is 0 Å². The van der Waals surface area contributed by atoms with E-state index in [0.717, 1.165) is 12.3 Å². The molecule has 2 heterocycles. The number of carbonyl (C=O) groups excluding carboxylic acids is 1. The van der Waals surface area contributed by atoms with Crippen molar-refractivity contribution in [3.63, 3.8) is 0 Å². The Morgan fingerprint density at radius 2 is 1.92 bits per heavy atom. The molecule has 10 heteroatoms. The summed E-state index contributed by atoms with van der Waals surface area (Å²) in [7, 11) is -3.91. The fourth-order valence-electron chi connectivity index (χ4n) is 2.98. The lowest BCUT2D eigenvalue weighted by Gasteiger charge is -2.30. The normalized spacial score (nSPS) is 22.5. The summed E-state index contributed by atoms with van der Waals surface area (Å²) in [5, 5.41) is 1.96. The Balaban J connectivity index is 2.49. The van der Waals surface area contributed by atoms with Crippen LogP contribution in [0.3, 0.4) is 0 Å². The van der Waals surface area contributed by atoms with E-state index in [1.807, 2.05) is 20.8 Å². The van der Waals surface area contributed by atoms with Gasteiger partial charge in [-0.3, -0.25) is 4.79 Å². The Bertz CT molecular complexity index is 793. The molecule has 1 aliphatic heterocycles. The molecule has 1 N–H and O–H groups in total. The Morgan fingerprint density at radius 1 is 1.31 bits per heavy atom. The minimum Gasteiger partial charge on any atom is -0.373 e. The molecule has 7 nitrogen and oxygen atoms in total. The summed E-state index contributed by atoms with van der Waals surface area (Å²) >= 11 is 0. The van der Waals surface area contributed by atoms with Crippen LogP contribution in [0.15, 0.2) is 11.2 Å². The van der Waals surface area contributed by atoms with E-state index < -0.39 is 44.5 Å². The largest absolute Gasteiger partial charge is 0.373 e. The van der Waals surface area contributed by atoms with Crippen molar-refractivity contribution in [2.45, 2.75) is 56.9 Å². The third-order valence-corrected chi connectivity index (χ3v) is 4.83. The number of nitrogens with zero attached hydrogens (tertiary/aromatic N) is 2. The third kappa shape index (κ3) is 4.73. The number of hydrogen-bond acceptors (Lipinski definition) is 6. The molecule has 1 saturated heterocycles. The molecule has 26 heavy (non-hydrogen) atoms. The highest BCUT2D eigenvalue weighted by atomic mass is 32.2. The van der Waals surface area contributed by atoms with Crippen LogP contribution < -0.4 is 5.32 Å². The molecular formula is C16H23F2N3O4S. The van der Waals surface area contributed by atoms with Gasteiger partial charge in [-0.2, -0.15) is 0 Å². The molecule has 0 spiro atoms. The molecule has 2 rings (SSSR count). The van der Waals surface area contributed by atoms with Crippen LogP contribution in [-0.4, -0.2) is 48.8 Å². The van der Waals surface area contributed by atoms with Gasteiger partial charge in [-0.15, -0.1) is 0 Å². The van der Waals surface area contributed by atoms with Crippen molar-refractivity contribution in [1.82, 2.24) is 15.3 Å². The summed E-state index contributed by atoms with van der Waals surface area (Å²) in [5.74, 6) is -1.68. The number of hydrogen-bond donors (Lipinski definition) is 1. The lowest BCUT2D eigenvalue weighted by atomic mass is 9.87. The zero-order valence-electron chi connectivity index (χ0n) is 15.3. The Morgan fingerprint density at radius 3 is 2.42 bits per heavy atom. The minimum atomic E-state index is -3.91. The van der Waals surface area contributed by atoms with Crippen LogP contribution >= 0.6 is 0 Å². The Kier molecular flexibility index (Phi) is 5.67. The van der Waals surface area contributed by atoms with Crippen LogP contribution in [0.1, 0.15) is 51.4 Å². The van der Waals surface area contributed by atoms with Crippen LogP contribution in [0.2, 0.25) is 0 Å². The first kappa shape index (κ1) is 20.6. The highest BCUT2D eigenvalue weighted by molar-refractivity contribution is 7.90. The fraction of sp³-hybridized carbons (Fsp3) is 0.688. The number of sulfone groups is 1. The molecular weight excluding hydrogens is 368 g/mol. The zero-order chi connectivity index (χ0) is 19.9. The second-order valence-corrected chi connectivity index (χ2v) is 9.30. The summed E-state index contributed by atoms with van der Waals surface area (Å²) < 4.78 is 55.8. The van der Waals surface area contributed by atoms with E-state index in [-0.39, 0.29) is 24.3 Å². The van der Waals surface area contributed by atoms with Gasteiger partial charge < -0.3 is 10.1 Å². The standard InChI is InChI=1S/C16H23F2N3O4S/c1-8(25-16(2,3)4)9-7-19-14(22)12(9)10-6-11(13(17)18)21-15(20-10)26(5,23)24/h6,8-9,12-13H,7H2,1-5H3,(H,19,22)/t8-,9?,12-/m1/s1. The van der Waals surface area contributed by atoms with Gasteiger partial charge in [0.1, 0.15) is 5.69 Å². The fourth-order valence-corrected chi connectivity index (χ4v) is 3.52. The van der Waals surface area contributed by atoms with Gasteiger partial charge in [0, 0.05) is 18.7 Å². The van der Waals surface area contributed by atoms with Crippen molar-refractivity contribution in [2.24, 2.45) is 5.92 Å². The van der Waals surface area contributed by atoms with Crippen LogP contribution in [0, 0.1) is 5.92 Å². The smallest absolute Gasteiger partial charge is 0.280 e. The summed E-state index contributed by atoms with van der Waals surface area (Å²) in [6.07, 6.45) is -2.53. The molecule has 1 fully saturated rings. The molecule has 146 valence electrons. The molecule has 1 unspecified atom stereocenters. The third-order valence-electron chi connectivity index (χ3n) is 3.98. The number of ether oxygens (including phenoxy) is 1. The van der Waals surface area contributed by atoms with Crippen LogP contribution in [0.4, 0.5) is 8.78 Å². The average molecular weight is 391 g/mol.